The van der Waals surface area contributed by atoms with E-state index in [1.54, 1.807) is 12.1 Å². The molecule has 0 aromatic heterocycles. The summed E-state index contributed by atoms with van der Waals surface area (Å²) in [4.78, 5) is 30.5. The molecule has 2 unspecified atom stereocenters. The number of hydrogen-bond acceptors (Lipinski definition) is 5. The molecule has 3 heterocycles. The van der Waals surface area contributed by atoms with Gasteiger partial charge in [-0.15, -0.1) is 0 Å². The molecular formula is C36H49N3O4. The van der Waals surface area contributed by atoms with E-state index in [-0.39, 0.29) is 29.2 Å². The summed E-state index contributed by atoms with van der Waals surface area (Å²) in [6, 6.07) is 11.2. The first-order valence-electron chi connectivity index (χ1n) is 16.4. The standard InChI is InChI=1S/C36H49N3O4/c1-26(7-8-30-21-33(40)24-34(41)22-30)36(43)39-15-4-5-27(13-18-39)19-28-11-16-38(17-12-28)35(42)23-29-9-10-32-25-37-14-3-2-6-31(32)20-29/h2-3,9-10,20-22,24,26-28,37,40-41H,4-8,11-19,23,25H2,1H3. The normalized spacial score (nSPS) is 20.5. The first-order chi connectivity index (χ1) is 20.8. The van der Waals surface area contributed by atoms with Crippen molar-refractivity contribution in [1.29, 1.82) is 0 Å². The number of phenols is 2. The molecule has 232 valence electrons. The van der Waals surface area contributed by atoms with Crippen molar-refractivity contribution >= 4 is 11.8 Å². The number of nitrogens with one attached hydrogen (secondary N) is 1. The number of carbonyl (C=O) groups excluding carboxylic acids is 2. The van der Waals surface area contributed by atoms with Crippen LogP contribution < -0.4 is 5.32 Å². The minimum absolute atomic E-state index is 0.0525. The smallest absolute Gasteiger partial charge is 0.226 e. The molecule has 2 atom stereocenters. The number of aromatic hydroxyl groups is 2. The molecule has 3 aliphatic rings. The molecular weight excluding hydrogens is 538 g/mol. The molecule has 2 aromatic carbocycles. The minimum atomic E-state index is -0.0906. The molecule has 0 spiro atoms. The highest BCUT2D eigenvalue weighted by atomic mass is 16.3. The lowest BCUT2D eigenvalue weighted by Crippen LogP contribution is -2.39. The number of carbonyl (C=O) groups is 2. The van der Waals surface area contributed by atoms with Crippen molar-refractivity contribution in [2.24, 2.45) is 17.8 Å². The zero-order valence-electron chi connectivity index (χ0n) is 25.8. The second-order valence-electron chi connectivity index (χ2n) is 13.1. The van der Waals surface area contributed by atoms with E-state index in [1.165, 1.54) is 30.0 Å². The van der Waals surface area contributed by atoms with E-state index >= 15 is 0 Å². The Morgan fingerprint density at radius 2 is 1.58 bits per heavy atom. The number of piperidine rings is 1. The van der Waals surface area contributed by atoms with E-state index in [1.807, 2.05) is 6.92 Å². The number of nitrogens with zero attached hydrogens (tertiary/aromatic N) is 2. The van der Waals surface area contributed by atoms with Gasteiger partial charge >= 0.3 is 0 Å². The second-order valence-corrected chi connectivity index (χ2v) is 13.1. The fraction of sp³-hybridized carbons (Fsp3) is 0.556. The minimum Gasteiger partial charge on any atom is -0.508 e. The van der Waals surface area contributed by atoms with Crippen LogP contribution in [-0.4, -0.2) is 64.6 Å². The van der Waals surface area contributed by atoms with Crippen LogP contribution >= 0.6 is 0 Å². The van der Waals surface area contributed by atoms with Gasteiger partial charge in [0.15, 0.2) is 0 Å². The maximum Gasteiger partial charge on any atom is 0.226 e. The lowest BCUT2D eigenvalue weighted by molar-refractivity contribution is -0.135. The van der Waals surface area contributed by atoms with Crippen LogP contribution in [0.2, 0.25) is 0 Å². The van der Waals surface area contributed by atoms with E-state index in [2.05, 4.69) is 45.5 Å². The zero-order valence-corrected chi connectivity index (χ0v) is 25.8. The maximum atomic E-state index is 13.2. The molecule has 2 aromatic rings. The predicted molar refractivity (Wildman–Crippen MR) is 170 cm³/mol. The molecule has 0 bridgehead atoms. The lowest BCUT2D eigenvalue weighted by atomic mass is 9.84. The van der Waals surface area contributed by atoms with Crippen molar-refractivity contribution in [3.05, 3.63) is 70.8 Å². The van der Waals surface area contributed by atoms with Gasteiger partial charge in [-0.2, -0.15) is 0 Å². The number of amides is 2. The number of likely N-dealkylation sites (tertiary alicyclic amines) is 2. The summed E-state index contributed by atoms with van der Waals surface area (Å²) >= 11 is 0. The number of phenolic OH excluding ortho intramolecular Hbond substituents is 2. The molecule has 5 rings (SSSR count). The van der Waals surface area contributed by atoms with Gasteiger partial charge < -0.3 is 25.3 Å². The number of benzene rings is 2. The Morgan fingerprint density at radius 1 is 0.860 bits per heavy atom. The first-order valence-corrected chi connectivity index (χ1v) is 16.4. The van der Waals surface area contributed by atoms with Crippen LogP contribution in [0.15, 0.2) is 48.6 Å². The van der Waals surface area contributed by atoms with Crippen LogP contribution in [0.5, 0.6) is 11.5 Å². The molecule has 43 heavy (non-hydrogen) atoms. The fourth-order valence-corrected chi connectivity index (χ4v) is 7.15. The zero-order chi connectivity index (χ0) is 30.2. The first kappa shape index (κ1) is 31.1. The molecule has 7 nitrogen and oxygen atoms in total. The molecule has 2 amide bonds. The number of rotatable bonds is 8. The Hall–Kier alpha value is -3.32. The highest BCUT2D eigenvalue weighted by Crippen LogP contribution is 2.31. The Morgan fingerprint density at radius 3 is 2.35 bits per heavy atom. The summed E-state index contributed by atoms with van der Waals surface area (Å²) in [5.41, 5.74) is 4.61. The van der Waals surface area contributed by atoms with Crippen molar-refractivity contribution in [1.82, 2.24) is 15.1 Å². The monoisotopic (exact) mass is 587 g/mol. The van der Waals surface area contributed by atoms with E-state index in [0.717, 1.165) is 82.5 Å². The van der Waals surface area contributed by atoms with Gasteiger partial charge in [-0.05, 0) is 104 Å². The summed E-state index contributed by atoms with van der Waals surface area (Å²) in [5.74, 6) is 1.78. The van der Waals surface area contributed by atoms with Gasteiger partial charge in [0.1, 0.15) is 11.5 Å². The topological polar surface area (TPSA) is 93.1 Å². The Labute approximate surface area is 257 Å². The van der Waals surface area contributed by atoms with Gasteiger partial charge in [0, 0.05) is 51.3 Å². The van der Waals surface area contributed by atoms with Crippen molar-refractivity contribution in [3.8, 4) is 11.5 Å². The van der Waals surface area contributed by atoms with Crippen molar-refractivity contribution in [2.75, 3.05) is 32.7 Å². The summed E-state index contributed by atoms with van der Waals surface area (Å²) in [6.07, 6.45) is 13.8. The Balaban J connectivity index is 1.03. The number of aryl methyl sites for hydroxylation is 1. The molecule has 7 heteroatoms. The third-order valence-corrected chi connectivity index (χ3v) is 9.75. The van der Waals surface area contributed by atoms with Crippen molar-refractivity contribution in [2.45, 2.75) is 77.7 Å². The van der Waals surface area contributed by atoms with Crippen LogP contribution in [0.1, 0.15) is 74.1 Å². The van der Waals surface area contributed by atoms with Crippen LogP contribution in [0.4, 0.5) is 0 Å². The van der Waals surface area contributed by atoms with Crippen LogP contribution in [0.3, 0.4) is 0 Å². The predicted octanol–water partition coefficient (Wildman–Crippen LogP) is 5.37. The Bertz CT molecular complexity index is 1260. The van der Waals surface area contributed by atoms with Gasteiger partial charge in [0.25, 0.3) is 0 Å². The van der Waals surface area contributed by atoms with Gasteiger partial charge in [-0.1, -0.05) is 37.3 Å². The largest absolute Gasteiger partial charge is 0.508 e. The maximum absolute atomic E-state index is 13.2. The number of hydrogen-bond donors (Lipinski definition) is 3. The van der Waals surface area contributed by atoms with E-state index in [4.69, 9.17) is 0 Å². The molecule has 0 radical (unpaired) electrons. The van der Waals surface area contributed by atoms with Crippen LogP contribution in [0.25, 0.3) is 0 Å². The second kappa shape index (κ2) is 14.9. The fourth-order valence-electron chi connectivity index (χ4n) is 7.15. The summed E-state index contributed by atoms with van der Waals surface area (Å²) in [7, 11) is 0. The summed E-state index contributed by atoms with van der Waals surface area (Å²) in [5, 5.41) is 22.9. The molecule has 2 saturated heterocycles. The quantitative estimate of drug-likeness (QED) is 0.361. The highest BCUT2D eigenvalue weighted by Gasteiger charge is 2.28. The molecule has 0 saturated carbocycles. The number of fused-ring (bicyclic) bond motifs is 1. The van der Waals surface area contributed by atoms with E-state index in [0.29, 0.717) is 31.1 Å². The average molecular weight is 588 g/mol. The SMILES string of the molecule is CC(CCc1cc(O)cc(O)c1)C(=O)N1CCCC(CC2CCN(C(=O)Cc3ccc4c(c3)CC=CCNC4)CC2)CC1. The van der Waals surface area contributed by atoms with E-state index in [9.17, 15) is 19.8 Å². The molecule has 3 aliphatic heterocycles. The molecule has 2 fully saturated rings. The average Bonchev–Trinajstić information content (AvgIpc) is 3.21. The number of allylic oxidation sites excluding steroid dienone is 1. The van der Waals surface area contributed by atoms with Crippen LogP contribution in [0, 0.1) is 17.8 Å². The highest BCUT2D eigenvalue weighted by molar-refractivity contribution is 5.79. The summed E-state index contributed by atoms with van der Waals surface area (Å²) in [6.45, 7) is 7.14. The van der Waals surface area contributed by atoms with Crippen molar-refractivity contribution in [3.63, 3.8) is 0 Å². The van der Waals surface area contributed by atoms with Crippen LogP contribution in [-0.2, 0) is 35.4 Å². The van der Waals surface area contributed by atoms with Crippen molar-refractivity contribution < 1.29 is 19.8 Å². The third kappa shape index (κ3) is 8.85. The van der Waals surface area contributed by atoms with E-state index < -0.39 is 0 Å². The third-order valence-electron chi connectivity index (χ3n) is 9.75. The van der Waals surface area contributed by atoms with Gasteiger partial charge in [0.2, 0.25) is 11.8 Å². The summed E-state index contributed by atoms with van der Waals surface area (Å²) < 4.78 is 0. The molecule has 3 N–H and O–H groups in total. The van der Waals surface area contributed by atoms with Gasteiger partial charge in [0.05, 0.1) is 6.42 Å². The lowest BCUT2D eigenvalue weighted by Gasteiger charge is -2.34. The molecule has 0 aliphatic carbocycles. The Kier molecular flexibility index (Phi) is 10.8. The van der Waals surface area contributed by atoms with Gasteiger partial charge in [-0.25, -0.2) is 0 Å². The van der Waals surface area contributed by atoms with Gasteiger partial charge in [-0.3, -0.25) is 9.59 Å².